The second kappa shape index (κ2) is 6.64. The first-order valence-electron chi connectivity index (χ1n) is 10.1. The van der Waals surface area contributed by atoms with Crippen molar-refractivity contribution in [3.8, 4) is 11.3 Å². The van der Waals surface area contributed by atoms with E-state index in [9.17, 15) is 4.79 Å². The minimum absolute atomic E-state index is 0.198. The SMILES string of the molecule is Nc1cccc(-c2cn(C[C@H]3C[C@H]4CC[NH+]3C[C@@H]4C(=O)NC3CC3)nn2)c1. The van der Waals surface area contributed by atoms with Crippen molar-refractivity contribution in [1.29, 1.82) is 0 Å². The molecule has 1 aromatic heterocycles. The summed E-state index contributed by atoms with van der Waals surface area (Å²) in [6.45, 7) is 2.99. The summed E-state index contributed by atoms with van der Waals surface area (Å²) in [5, 5.41) is 11.9. The van der Waals surface area contributed by atoms with Crippen LogP contribution >= 0.6 is 0 Å². The molecule has 1 saturated carbocycles. The predicted molar refractivity (Wildman–Crippen MR) is 102 cm³/mol. The van der Waals surface area contributed by atoms with Gasteiger partial charge >= 0.3 is 0 Å². The minimum Gasteiger partial charge on any atom is -0.399 e. The van der Waals surface area contributed by atoms with Gasteiger partial charge in [-0.2, -0.15) is 0 Å². The Morgan fingerprint density at radius 2 is 2.22 bits per heavy atom. The lowest BCUT2D eigenvalue weighted by atomic mass is 9.75. The van der Waals surface area contributed by atoms with Gasteiger partial charge in [-0.15, -0.1) is 5.10 Å². The van der Waals surface area contributed by atoms with E-state index >= 15 is 0 Å². The molecule has 4 heterocycles. The first-order chi connectivity index (χ1) is 13.2. The highest BCUT2D eigenvalue weighted by molar-refractivity contribution is 5.79. The molecule has 4 aliphatic rings. The van der Waals surface area contributed by atoms with Gasteiger partial charge in [-0.1, -0.05) is 17.3 Å². The lowest BCUT2D eigenvalue weighted by Gasteiger charge is -2.46. The maximum absolute atomic E-state index is 12.5. The van der Waals surface area contributed by atoms with Crippen LogP contribution < -0.4 is 16.0 Å². The van der Waals surface area contributed by atoms with Crippen LogP contribution in [0.2, 0.25) is 0 Å². The second-order valence-electron chi connectivity index (χ2n) is 8.43. The second-order valence-corrected chi connectivity index (χ2v) is 8.43. The van der Waals surface area contributed by atoms with Crippen LogP contribution in [0.25, 0.3) is 11.3 Å². The number of carbonyl (C=O) groups is 1. The summed E-state index contributed by atoms with van der Waals surface area (Å²) >= 11 is 0. The standard InChI is InChI=1S/C20H26N6O/c21-15-3-1-2-14(8-15)19-12-26(24-23-19)10-17-9-13-6-7-25(17)11-18(13)20(27)22-16-4-5-16/h1-3,8,12-13,16-18H,4-7,9-11,21H2,(H,22,27)/p+1/t13-,17-,18+/m1/s1. The molecule has 6 rings (SSSR count). The average Bonchev–Trinajstić information content (AvgIpc) is 3.37. The molecule has 3 saturated heterocycles. The molecule has 3 aliphatic heterocycles. The zero-order valence-electron chi connectivity index (χ0n) is 15.5. The van der Waals surface area contributed by atoms with Crippen LogP contribution in [0.1, 0.15) is 25.7 Å². The molecule has 4 N–H and O–H groups in total. The molecule has 4 atom stereocenters. The molecule has 4 fully saturated rings. The fraction of sp³-hybridized carbons (Fsp3) is 0.550. The van der Waals surface area contributed by atoms with Crippen molar-refractivity contribution in [1.82, 2.24) is 20.3 Å². The lowest BCUT2D eigenvalue weighted by molar-refractivity contribution is -0.945. The maximum atomic E-state index is 12.5. The Balaban J connectivity index is 1.24. The number of rotatable bonds is 5. The van der Waals surface area contributed by atoms with Crippen LogP contribution in [-0.4, -0.2) is 46.1 Å². The van der Waals surface area contributed by atoms with Crippen LogP contribution in [0.3, 0.4) is 0 Å². The van der Waals surface area contributed by atoms with Gasteiger partial charge in [0.15, 0.2) is 0 Å². The number of fused-ring (bicyclic) bond motifs is 3. The average molecular weight is 367 g/mol. The van der Waals surface area contributed by atoms with Gasteiger partial charge in [0.2, 0.25) is 5.91 Å². The van der Waals surface area contributed by atoms with Crippen molar-refractivity contribution in [3.05, 3.63) is 30.5 Å². The first kappa shape index (κ1) is 16.7. The molecule has 27 heavy (non-hydrogen) atoms. The number of hydrogen-bond donors (Lipinski definition) is 3. The Morgan fingerprint density at radius 1 is 1.33 bits per heavy atom. The molecular formula is C20H27N6O+. The molecule has 1 unspecified atom stereocenters. The largest absolute Gasteiger partial charge is 0.399 e. The highest BCUT2D eigenvalue weighted by atomic mass is 16.2. The van der Waals surface area contributed by atoms with Crippen molar-refractivity contribution in [2.75, 3.05) is 18.8 Å². The highest BCUT2D eigenvalue weighted by Crippen LogP contribution is 2.29. The summed E-state index contributed by atoms with van der Waals surface area (Å²) < 4.78 is 1.95. The number of anilines is 1. The van der Waals surface area contributed by atoms with Gasteiger partial charge in [-0.25, -0.2) is 4.68 Å². The van der Waals surface area contributed by atoms with E-state index < -0.39 is 0 Å². The van der Waals surface area contributed by atoms with Crippen molar-refractivity contribution in [3.63, 3.8) is 0 Å². The Bertz CT molecular complexity index is 845. The fourth-order valence-electron chi connectivity index (χ4n) is 4.80. The number of quaternary nitrogens is 1. The summed E-state index contributed by atoms with van der Waals surface area (Å²) in [7, 11) is 0. The monoisotopic (exact) mass is 367 g/mol. The minimum atomic E-state index is 0.198. The van der Waals surface area contributed by atoms with E-state index in [1.165, 1.54) is 13.0 Å². The van der Waals surface area contributed by atoms with Crippen LogP contribution in [0.4, 0.5) is 5.69 Å². The molecule has 7 heteroatoms. The Hall–Kier alpha value is -2.41. The number of nitrogens with one attached hydrogen (secondary N) is 2. The summed E-state index contributed by atoms with van der Waals surface area (Å²) in [4.78, 5) is 14.1. The number of piperidine rings is 3. The summed E-state index contributed by atoms with van der Waals surface area (Å²) in [6, 6.07) is 8.72. The molecule has 0 radical (unpaired) electrons. The number of benzene rings is 1. The zero-order chi connectivity index (χ0) is 18.4. The van der Waals surface area contributed by atoms with Crippen molar-refractivity contribution in [2.45, 2.75) is 44.3 Å². The number of aromatic nitrogens is 3. The van der Waals surface area contributed by atoms with Crippen molar-refractivity contribution >= 4 is 11.6 Å². The highest BCUT2D eigenvalue weighted by Gasteiger charge is 2.47. The number of nitrogen functional groups attached to an aromatic ring is 1. The fourth-order valence-corrected chi connectivity index (χ4v) is 4.80. The molecule has 2 aromatic rings. The number of amides is 1. The van der Waals surface area contributed by atoms with Gasteiger partial charge in [0.25, 0.3) is 0 Å². The van der Waals surface area contributed by atoms with E-state index in [2.05, 4.69) is 15.6 Å². The molecular weight excluding hydrogens is 340 g/mol. The van der Waals surface area contributed by atoms with Gasteiger partial charge in [-0.3, -0.25) is 4.79 Å². The van der Waals surface area contributed by atoms with Gasteiger partial charge < -0.3 is 16.0 Å². The third kappa shape index (κ3) is 3.43. The Labute approximate surface area is 158 Å². The third-order valence-corrected chi connectivity index (χ3v) is 6.44. The smallest absolute Gasteiger partial charge is 0.229 e. The first-order valence-corrected chi connectivity index (χ1v) is 10.1. The lowest BCUT2D eigenvalue weighted by Crippen LogP contribution is -3.20. The number of nitrogens with zero attached hydrogens (tertiary/aromatic N) is 3. The number of nitrogens with two attached hydrogens (primary N) is 1. The van der Waals surface area contributed by atoms with E-state index in [1.807, 2.05) is 35.1 Å². The van der Waals surface area contributed by atoms with Gasteiger partial charge in [-0.05, 0) is 30.9 Å². The number of hydrogen-bond acceptors (Lipinski definition) is 4. The van der Waals surface area contributed by atoms with Gasteiger partial charge in [0.05, 0.1) is 31.7 Å². The van der Waals surface area contributed by atoms with E-state index in [0.717, 1.165) is 49.3 Å². The Morgan fingerprint density at radius 3 is 2.96 bits per heavy atom. The quantitative estimate of drug-likeness (QED) is 0.654. The van der Waals surface area contributed by atoms with E-state index in [4.69, 9.17) is 5.73 Å². The summed E-state index contributed by atoms with van der Waals surface area (Å²) in [5.41, 5.74) is 8.46. The Kier molecular flexibility index (Phi) is 4.11. The predicted octanol–water partition coefficient (Wildman–Crippen LogP) is 0.0992. The van der Waals surface area contributed by atoms with Crippen LogP contribution in [-0.2, 0) is 11.3 Å². The molecule has 1 aliphatic carbocycles. The summed E-state index contributed by atoms with van der Waals surface area (Å²) in [5.74, 6) is 1.01. The van der Waals surface area contributed by atoms with Crippen LogP contribution in [0, 0.1) is 11.8 Å². The van der Waals surface area contributed by atoms with Crippen molar-refractivity contribution < 1.29 is 9.69 Å². The normalized spacial score (nSPS) is 29.6. The molecule has 0 spiro atoms. The molecule has 1 aromatic carbocycles. The number of carbonyl (C=O) groups excluding carboxylic acids is 1. The molecule has 2 bridgehead atoms. The topological polar surface area (TPSA) is 90.3 Å². The molecule has 142 valence electrons. The summed E-state index contributed by atoms with van der Waals surface area (Å²) in [6.07, 6.45) is 6.59. The van der Waals surface area contributed by atoms with Gasteiger partial charge in [0, 0.05) is 30.1 Å². The van der Waals surface area contributed by atoms with E-state index in [0.29, 0.717) is 23.9 Å². The van der Waals surface area contributed by atoms with Crippen LogP contribution in [0.5, 0.6) is 0 Å². The van der Waals surface area contributed by atoms with E-state index in [-0.39, 0.29) is 5.92 Å². The maximum Gasteiger partial charge on any atom is 0.229 e. The van der Waals surface area contributed by atoms with Crippen molar-refractivity contribution in [2.24, 2.45) is 11.8 Å². The van der Waals surface area contributed by atoms with Gasteiger partial charge in [0.1, 0.15) is 11.7 Å². The molecule has 1 amide bonds. The van der Waals surface area contributed by atoms with E-state index in [1.54, 1.807) is 4.90 Å². The third-order valence-electron chi connectivity index (χ3n) is 6.44. The molecule has 7 nitrogen and oxygen atoms in total. The van der Waals surface area contributed by atoms with Crippen LogP contribution in [0.15, 0.2) is 30.5 Å². The zero-order valence-corrected chi connectivity index (χ0v) is 15.5.